The van der Waals surface area contributed by atoms with Crippen LogP contribution in [0, 0.1) is 5.92 Å². The highest BCUT2D eigenvalue weighted by Gasteiger charge is 2.27. The van der Waals surface area contributed by atoms with Crippen LogP contribution in [0.2, 0.25) is 0 Å². The molecule has 0 unspecified atom stereocenters. The van der Waals surface area contributed by atoms with Crippen LogP contribution in [0.5, 0.6) is 5.75 Å². The van der Waals surface area contributed by atoms with Crippen molar-refractivity contribution in [3.63, 3.8) is 0 Å². The summed E-state index contributed by atoms with van der Waals surface area (Å²) >= 11 is 0. The normalized spacial score (nSPS) is 25.0. The van der Waals surface area contributed by atoms with E-state index < -0.39 is 10.0 Å². The molecule has 3 rings (SSSR count). The first-order valence-corrected chi connectivity index (χ1v) is 9.03. The number of hydrogen-bond donors (Lipinski definition) is 2. The van der Waals surface area contributed by atoms with E-state index in [0.717, 1.165) is 25.7 Å². The Kier molecular flexibility index (Phi) is 4.10. The molecule has 0 aromatic heterocycles. The van der Waals surface area contributed by atoms with Crippen LogP contribution < -0.4 is 14.8 Å². The average molecular weight is 324 g/mol. The van der Waals surface area contributed by atoms with Crippen LogP contribution in [-0.4, -0.2) is 27.0 Å². The molecule has 0 radical (unpaired) electrons. The third kappa shape index (κ3) is 3.10. The van der Waals surface area contributed by atoms with E-state index in [-0.39, 0.29) is 23.5 Å². The van der Waals surface area contributed by atoms with Gasteiger partial charge in [-0.05, 0) is 37.0 Å². The highest BCUT2D eigenvalue weighted by molar-refractivity contribution is 7.89. The third-order valence-electron chi connectivity index (χ3n) is 4.31. The number of anilines is 1. The number of amides is 1. The minimum Gasteiger partial charge on any atom is -0.482 e. The molecule has 7 heteroatoms. The molecule has 2 N–H and O–H groups in total. The SMILES string of the molecule is C[C@H]1CCCC[C@@H]1NS(=O)(=O)c1ccc2c(c1)NC(=O)CO2. The zero-order chi connectivity index (χ0) is 15.7. The zero-order valence-corrected chi connectivity index (χ0v) is 13.3. The Balaban J connectivity index is 1.83. The minimum atomic E-state index is -3.60. The van der Waals surface area contributed by atoms with Crippen molar-refractivity contribution in [1.29, 1.82) is 0 Å². The van der Waals surface area contributed by atoms with Crippen LogP contribution in [0.4, 0.5) is 5.69 Å². The van der Waals surface area contributed by atoms with E-state index in [1.54, 1.807) is 6.07 Å². The van der Waals surface area contributed by atoms with Crippen molar-refractivity contribution in [3.8, 4) is 5.75 Å². The molecular weight excluding hydrogens is 304 g/mol. The molecule has 0 saturated heterocycles. The fourth-order valence-corrected chi connectivity index (χ4v) is 4.39. The molecule has 1 amide bonds. The van der Waals surface area contributed by atoms with E-state index in [0.29, 0.717) is 17.4 Å². The molecule has 0 spiro atoms. The average Bonchev–Trinajstić information content (AvgIpc) is 2.48. The number of ether oxygens (including phenoxy) is 1. The number of hydrogen-bond acceptors (Lipinski definition) is 4. The quantitative estimate of drug-likeness (QED) is 0.889. The summed E-state index contributed by atoms with van der Waals surface area (Å²) in [5.74, 6) is 0.546. The van der Waals surface area contributed by atoms with E-state index in [1.165, 1.54) is 12.1 Å². The van der Waals surface area contributed by atoms with Crippen LogP contribution in [-0.2, 0) is 14.8 Å². The van der Waals surface area contributed by atoms with Crippen molar-refractivity contribution in [3.05, 3.63) is 18.2 Å². The molecule has 1 heterocycles. The van der Waals surface area contributed by atoms with Gasteiger partial charge < -0.3 is 10.1 Å². The van der Waals surface area contributed by atoms with Gasteiger partial charge >= 0.3 is 0 Å². The Bertz CT molecular complexity index is 687. The Morgan fingerprint density at radius 2 is 2.05 bits per heavy atom. The monoisotopic (exact) mass is 324 g/mol. The van der Waals surface area contributed by atoms with Gasteiger partial charge in [0.2, 0.25) is 10.0 Å². The highest BCUT2D eigenvalue weighted by Crippen LogP contribution is 2.31. The maximum atomic E-state index is 12.5. The fourth-order valence-electron chi connectivity index (χ4n) is 2.99. The first kappa shape index (κ1) is 15.3. The number of benzene rings is 1. The molecule has 22 heavy (non-hydrogen) atoms. The van der Waals surface area contributed by atoms with Crippen LogP contribution >= 0.6 is 0 Å². The van der Waals surface area contributed by atoms with Gasteiger partial charge in [-0.1, -0.05) is 19.8 Å². The van der Waals surface area contributed by atoms with E-state index >= 15 is 0 Å². The lowest BCUT2D eigenvalue weighted by Gasteiger charge is -2.29. The molecule has 1 aliphatic carbocycles. The summed E-state index contributed by atoms with van der Waals surface area (Å²) in [5, 5.41) is 2.63. The van der Waals surface area contributed by atoms with E-state index in [9.17, 15) is 13.2 Å². The Morgan fingerprint density at radius 3 is 2.82 bits per heavy atom. The van der Waals surface area contributed by atoms with Gasteiger partial charge in [-0.3, -0.25) is 4.79 Å². The van der Waals surface area contributed by atoms with E-state index in [4.69, 9.17) is 4.74 Å². The maximum absolute atomic E-state index is 12.5. The summed E-state index contributed by atoms with van der Waals surface area (Å²) in [4.78, 5) is 11.5. The molecule has 120 valence electrons. The summed E-state index contributed by atoms with van der Waals surface area (Å²) in [5.41, 5.74) is 0.399. The Morgan fingerprint density at radius 1 is 1.27 bits per heavy atom. The summed E-state index contributed by atoms with van der Waals surface area (Å²) in [6, 6.07) is 4.50. The van der Waals surface area contributed by atoms with Gasteiger partial charge in [0, 0.05) is 6.04 Å². The summed E-state index contributed by atoms with van der Waals surface area (Å²) in [6.07, 6.45) is 4.11. The summed E-state index contributed by atoms with van der Waals surface area (Å²) < 4.78 is 33.1. The van der Waals surface area contributed by atoms with Crippen molar-refractivity contribution >= 4 is 21.6 Å². The zero-order valence-electron chi connectivity index (χ0n) is 12.5. The van der Waals surface area contributed by atoms with Gasteiger partial charge in [-0.25, -0.2) is 13.1 Å². The second-order valence-corrected chi connectivity index (χ2v) is 7.70. The predicted octanol–water partition coefficient (Wildman–Crippen LogP) is 1.87. The van der Waals surface area contributed by atoms with Gasteiger partial charge in [-0.15, -0.1) is 0 Å². The Labute approximate surface area is 130 Å². The molecule has 1 aromatic carbocycles. The van der Waals surface area contributed by atoms with Crippen molar-refractivity contribution in [2.24, 2.45) is 5.92 Å². The molecule has 6 nitrogen and oxygen atoms in total. The van der Waals surface area contributed by atoms with Gasteiger partial charge in [0.25, 0.3) is 5.91 Å². The number of rotatable bonds is 3. The molecule has 2 aliphatic rings. The molecular formula is C15H20N2O4S. The van der Waals surface area contributed by atoms with Crippen molar-refractivity contribution in [2.75, 3.05) is 11.9 Å². The topological polar surface area (TPSA) is 84.5 Å². The predicted molar refractivity (Wildman–Crippen MR) is 82.3 cm³/mol. The lowest BCUT2D eigenvalue weighted by molar-refractivity contribution is -0.118. The highest BCUT2D eigenvalue weighted by atomic mass is 32.2. The van der Waals surface area contributed by atoms with Gasteiger partial charge in [0.05, 0.1) is 10.6 Å². The van der Waals surface area contributed by atoms with Crippen LogP contribution in [0.15, 0.2) is 23.1 Å². The van der Waals surface area contributed by atoms with E-state index in [2.05, 4.69) is 17.0 Å². The number of carbonyl (C=O) groups is 1. The second kappa shape index (κ2) is 5.89. The first-order chi connectivity index (χ1) is 10.5. The summed E-state index contributed by atoms with van der Waals surface area (Å²) in [7, 11) is -3.60. The number of nitrogens with one attached hydrogen (secondary N) is 2. The van der Waals surface area contributed by atoms with Gasteiger partial charge in [-0.2, -0.15) is 0 Å². The van der Waals surface area contributed by atoms with Crippen molar-refractivity contribution < 1.29 is 17.9 Å². The number of fused-ring (bicyclic) bond motifs is 1. The molecule has 1 saturated carbocycles. The first-order valence-electron chi connectivity index (χ1n) is 7.55. The number of sulfonamides is 1. The molecule has 1 aliphatic heterocycles. The fraction of sp³-hybridized carbons (Fsp3) is 0.533. The van der Waals surface area contributed by atoms with Gasteiger partial charge in [0.1, 0.15) is 5.75 Å². The summed E-state index contributed by atoms with van der Waals surface area (Å²) in [6.45, 7) is 2.03. The van der Waals surface area contributed by atoms with Crippen LogP contribution in [0.25, 0.3) is 0 Å². The van der Waals surface area contributed by atoms with Crippen LogP contribution in [0.1, 0.15) is 32.6 Å². The smallest absolute Gasteiger partial charge is 0.262 e. The molecule has 1 aromatic rings. The molecule has 0 bridgehead atoms. The largest absolute Gasteiger partial charge is 0.482 e. The second-order valence-electron chi connectivity index (χ2n) is 5.98. The molecule has 2 atom stereocenters. The van der Waals surface area contributed by atoms with Crippen LogP contribution in [0.3, 0.4) is 0 Å². The Hall–Kier alpha value is -1.60. The van der Waals surface area contributed by atoms with Gasteiger partial charge in [0.15, 0.2) is 6.61 Å². The van der Waals surface area contributed by atoms with Crippen molar-refractivity contribution in [2.45, 2.75) is 43.5 Å². The third-order valence-corrected chi connectivity index (χ3v) is 5.80. The lowest BCUT2D eigenvalue weighted by atomic mass is 9.87. The molecule has 1 fully saturated rings. The standard InChI is InChI=1S/C15H20N2O4S/c1-10-4-2-3-5-12(10)17-22(19,20)11-6-7-14-13(8-11)16-15(18)9-21-14/h6-8,10,12,17H,2-5,9H2,1H3,(H,16,18)/t10-,12-/m0/s1. The minimum absolute atomic E-state index is 0.0272. The van der Waals surface area contributed by atoms with Crippen molar-refractivity contribution in [1.82, 2.24) is 4.72 Å². The lowest BCUT2D eigenvalue weighted by Crippen LogP contribution is -2.41. The number of carbonyl (C=O) groups excluding carboxylic acids is 1. The van der Waals surface area contributed by atoms with E-state index in [1.807, 2.05) is 0 Å². The maximum Gasteiger partial charge on any atom is 0.262 e.